The molecule has 8 N–H and O–H groups in total. The van der Waals surface area contributed by atoms with Gasteiger partial charge in [0.2, 0.25) is 0 Å². The molecule has 0 heterocycles. The molecule has 1 aromatic rings. The van der Waals surface area contributed by atoms with Gasteiger partial charge in [0.05, 0.1) is 12.0 Å². The fourth-order valence-electron chi connectivity index (χ4n) is 2.24. The molecule has 0 spiro atoms. The Kier molecular flexibility index (Phi) is 7.70. The summed E-state index contributed by atoms with van der Waals surface area (Å²) in [6, 6.07) is 5.48. The van der Waals surface area contributed by atoms with Gasteiger partial charge in [-0.05, 0) is 37.0 Å². The van der Waals surface area contributed by atoms with Crippen molar-refractivity contribution in [2.24, 2.45) is 28.1 Å². The summed E-state index contributed by atoms with van der Waals surface area (Å²) in [5.74, 6) is -2.12. The molecule has 0 aliphatic heterocycles. The molecule has 0 bridgehead atoms. The van der Waals surface area contributed by atoms with Crippen LogP contribution < -0.4 is 17.2 Å². The molecule has 2 atom stereocenters. The molecular weight excluding hydrogens is 312 g/mol. The molecule has 0 unspecified atom stereocenters. The van der Waals surface area contributed by atoms with E-state index in [4.69, 9.17) is 17.2 Å². The smallest absolute Gasteiger partial charge is 0.307 e. The highest BCUT2D eigenvalue weighted by Gasteiger charge is 2.24. The molecule has 1 rings (SSSR count). The Morgan fingerprint density at radius 1 is 1.17 bits per heavy atom. The molecule has 8 heteroatoms. The number of rotatable bonds is 10. The van der Waals surface area contributed by atoms with Crippen LogP contribution in [-0.2, 0) is 16.0 Å². The minimum absolute atomic E-state index is 0.0188. The molecule has 0 amide bonds. The third-order valence-electron chi connectivity index (χ3n) is 3.60. The molecule has 0 aliphatic carbocycles. The number of benzene rings is 1. The van der Waals surface area contributed by atoms with Gasteiger partial charge in [-0.3, -0.25) is 14.6 Å². The highest BCUT2D eigenvalue weighted by molar-refractivity contribution is 5.87. The van der Waals surface area contributed by atoms with E-state index in [-0.39, 0.29) is 30.3 Å². The van der Waals surface area contributed by atoms with E-state index in [0.29, 0.717) is 19.4 Å². The van der Waals surface area contributed by atoms with Gasteiger partial charge in [0.1, 0.15) is 11.5 Å². The second-order valence-corrected chi connectivity index (χ2v) is 5.63. The van der Waals surface area contributed by atoms with Gasteiger partial charge in [-0.15, -0.1) is 0 Å². The van der Waals surface area contributed by atoms with Crippen molar-refractivity contribution in [1.82, 2.24) is 0 Å². The van der Waals surface area contributed by atoms with Gasteiger partial charge in [0.25, 0.3) is 0 Å². The molecule has 0 aliphatic rings. The van der Waals surface area contributed by atoms with Crippen LogP contribution in [0.15, 0.2) is 29.3 Å². The van der Waals surface area contributed by atoms with E-state index < -0.39 is 17.9 Å². The number of hydrogen-bond acceptors (Lipinski definition) is 5. The first-order valence-electron chi connectivity index (χ1n) is 7.64. The number of nitrogens with two attached hydrogens (primary N) is 3. The number of carbonyl (C=O) groups excluding carboxylic acids is 1. The van der Waals surface area contributed by atoms with Crippen molar-refractivity contribution in [2.45, 2.75) is 31.7 Å². The van der Waals surface area contributed by atoms with Crippen LogP contribution in [0, 0.1) is 5.92 Å². The first-order chi connectivity index (χ1) is 11.3. The fourth-order valence-corrected chi connectivity index (χ4v) is 2.24. The van der Waals surface area contributed by atoms with Crippen LogP contribution in [-0.4, -0.2) is 40.5 Å². The first-order valence-corrected chi connectivity index (χ1v) is 7.64. The maximum atomic E-state index is 12.1. The van der Waals surface area contributed by atoms with Gasteiger partial charge in [-0.2, -0.15) is 0 Å². The molecule has 0 saturated heterocycles. The average Bonchev–Trinajstić information content (AvgIpc) is 2.52. The van der Waals surface area contributed by atoms with Gasteiger partial charge in [-0.25, -0.2) is 0 Å². The zero-order valence-corrected chi connectivity index (χ0v) is 13.4. The predicted molar refractivity (Wildman–Crippen MR) is 90.4 cm³/mol. The van der Waals surface area contributed by atoms with E-state index in [9.17, 15) is 19.8 Å². The van der Waals surface area contributed by atoms with Crippen LogP contribution >= 0.6 is 0 Å². The lowest BCUT2D eigenvalue weighted by molar-refractivity contribution is -0.143. The molecular formula is C16H24N4O4. The summed E-state index contributed by atoms with van der Waals surface area (Å²) in [6.07, 6.45) is 0.989. The number of nitrogens with zero attached hydrogens (tertiary/aromatic N) is 1. The van der Waals surface area contributed by atoms with E-state index in [1.54, 1.807) is 12.1 Å². The van der Waals surface area contributed by atoms with Crippen molar-refractivity contribution >= 4 is 17.7 Å². The number of carboxylic acid groups (broad SMARTS) is 1. The zero-order valence-electron chi connectivity index (χ0n) is 13.4. The van der Waals surface area contributed by atoms with Gasteiger partial charge in [0, 0.05) is 13.0 Å². The Balaban J connectivity index is 2.54. The zero-order chi connectivity index (χ0) is 18.1. The van der Waals surface area contributed by atoms with Crippen molar-refractivity contribution < 1.29 is 19.8 Å². The van der Waals surface area contributed by atoms with Gasteiger partial charge in [-0.1, -0.05) is 12.1 Å². The summed E-state index contributed by atoms with van der Waals surface area (Å²) >= 11 is 0. The highest BCUT2D eigenvalue weighted by atomic mass is 16.4. The Hall–Kier alpha value is -2.61. The molecule has 1 aromatic carbocycles. The standard InChI is InChI=1S/C16H24N4O4/c17-13(2-1-7-20-16(18)19)14(22)9-11(15(23)24)8-10-3-5-12(21)6-4-10/h3-6,11,13,21H,1-2,7-9,17H2,(H,23,24)(H4,18,19,20)/t11-,13-/m1/s1. The van der Waals surface area contributed by atoms with Crippen LogP contribution in [0.2, 0.25) is 0 Å². The predicted octanol–water partition coefficient (Wildman–Crippen LogP) is -0.0244. The lowest BCUT2D eigenvalue weighted by Crippen LogP contribution is -2.34. The Bertz CT molecular complexity index is 582. The van der Waals surface area contributed by atoms with Crippen LogP contribution in [0.5, 0.6) is 5.75 Å². The molecule has 0 aromatic heterocycles. The number of phenols is 1. The summed E-state index contributed by atoms with van der Waals surface area (Å²) in [6.45, 7) is 0.374. The van der Waals surface area contributed by atoms with Crippen LogP contribution in [0.4, 0.5) is 0 Å². The summed E-state index contributed by atoms with van der Waals surface area (Å²) in [5.41, 5.74) is 16.9. The van der Waals surface area contributed by atoms with Crippen molar-refractivity contribution in [1.29, 1.82) is 0 Å². The lowest BCUT2D eigenvalue weighted by atomic mass is 9.91. The van der Waals surface area contributed by atoms with Crippen molar-refractivity contribution in [3.63, 3.8) is 0 Å². The SMILES string of the molecule is NC(N)=NCCC[C@@H](N)C(=O)C[C@@H](Cc1ccc(O)cc1)C(=O)O. The van der Waals surface area contributed by atoms with Gasteiger partial charge in [0.15, 0.2) is 5.96 Å². The van der Waals surface area contributed by atoms with Gasteiger partial charge < -0.3 is 27.4 Å². The second-order valence-electron chi connectivity index (χ2n) is 5.63. The number of hydrogen-bond donors (Lipinski definition) is 5. The number of carbonyl (C=O) groups is 2. The maximum absolute atomic E-state index is 12.1. The van der Waals surface area contributed by atoms with Gasteiger partial charge >= 0.3 is 5.97 Å². The Morgan fingerprint density at radius 3 is 2.33 bits per heavy atom. The monoisotopic (exact) mass is 336 g/mol. The van der Waals surface area contributed by atoms with Crippen molar-refractivity contribution in [3.8, 4) is 5.75 Å². The van der Waals surface area contributed by atoms with E-state index >= 15 is 0 Å². The molecule has 24 heavy (non-hydrogen) atoms. The van der Waals surface area contributed by atoms with E-state index in [1.165, 1.54) is 12.1 Å². The third kappa shape index (κ3) is 7.10. The molecule has 0 saturated carbocycles. The minimum atomic E-state index is -1.05. The maximum Gasteiger partial charge on any atom is 0.307 e. The largest absolute Gasteiger partial charge is 0.508 e. The van der Waals surface area contributed by atoms with Crippen LogP contribution in [0.1, 0.15) is 24.8 Å². The first kappa shape index (κ1) is 19.4. The third-order valence-corrected chi connectivity index (χ3v) is 3.60. The number of Topliss-reactive ketones (excluding diaryl/α,β-unsaturated/α-hetero) is 1. The fraction of sp³-hybridized carbons (Fsp3) is 0.438. The summed E-state index contributed by atoms with van der Waals surface area (Å²) in [4.78, 5) is 27.3. The Morgan fingerprint density at radius 2 is 1.79 bits per heavy atom. The number of aliphatic carboxylic acids is 1. The molecule has 0 radical (unpaired) electrons. The van der Waals surface area contributed by atoms with Crippen molar-refractivity contribution in [3.05, 3.63) is 29.8 Å². The number of ketones is 1. The quantitative estimate of drug-likeness (QED) is 0.227. The summed E-state index contributed by atoms with van der Waals surface area (Å²) in [5, 5.41) is 18.6. The lowest BCUT2D eigenvalue weighted by Gasteiger charge is -2.15. The normalized spacial score (nSPS) is 13.0. The number of aliphatic imine (C=N–C) groups is 1. The average molecular weight is 336 g/mol. The van der Waals surface area contributed by atoms with Crippen LogP contribution in [0.3, 0.4) is 0 Å². The molecule has 8 nitrogen and oxygen atoms in total. The van der Waals surface area contributed by atoms with E-state index in [1.807, 2.05) is 0 Å². The van der Waals surface area contributed by atoms with Crippen molar-refractivity contribution in [2.75, 3.05) is 6.54 Å². The minimum Gasteiger partial charge on any atom is -0.508 e. The summed E-state index contributed by atoms with van der Waals surface area (Å²) < 4.78 is 0. The topological polar surface area (TPSA) is 165 Å². The highest BCUT2D eigenvalue weighted by Crippen LogP contribution is 2.17. The Labute approximate surface area is 140 Å². The van der Waals surface area contributed by atoms with E-state index in [2.05, 4.69) is 4.99 Å². The molecule has 0 fully saturated rings. The van der Waals surface area contributed by atoms with E-state index in [0.717, 1.165) is 5.56 Å². The number of guanidine groups is 1. The van der Waals surface area contributed by atoms with Crippen LogP contribution in [0.25, 0.3) is 0 Å². The number of phenolic OH excluding ortho intramolecular Hbond substituents is 1. The number of aromatic hydroxyl groups is 1. The second kappa shape index (κ2) is 9.51. The number of carboxylic acids is 1. The molecule has 132 valence electrons. The summed E-state index contributed by atoms with van der Waals surface area (Å²) in [7, 11) is 0.